The molecule has 1 N–H and O–H groups in total. The Kier molecular flexibility index (Phi) is 4.37. The Balaban J connectivity index is 1.97. The molecule has 1 aromatic rings. The maximum absolute atomic E-state index is 11.3. The molecule has 2 rings (SSSR count). The van der Waals surface area contributed by atoms with Crippen molar-refractivity contribution in [1.29, 1.82) is 0 Å². The smallest absolute Gasteiger partial charge is 0.306 e. The van der Waals surface area contributed by atoms with Crippen LogP contribution >= 0.6 is 0 Å². The van der Waals surface area contributed by atoms with Crippen molar-refractivity contribution in [3.63, 3.8) is 0 Å². The van der Waals surface area contributed by atoms with Crippen LogP contribution in [0.5, 0.6) is 0 Å². The van der Waals surface area contributed by atoms with E-state index in [0.717, 1.165) is 25.0 Å². The summed E-state index contributed by atoms with van der Waals surface area (Å²) in [5.41, 5.74) is 2.29. The lowest BCUT2D eigenvalue weighted by Gasteiger charge is -2.16. The Morgan fingerprint density at radius 3 is 2.72 bits per heavy atom. The van der Waals surface area contributed by atoms with Crippen LogP contribution in [0.1, 0.15) is 30.4 Å². The molecule has 3 heteroatoms. The molecule has 0 aliphatic carbocycles. The van der Waals surface area contributed by atoms with E-state index in [1.54, 1.807) is 0 Å². The minimum atomic E-state index is -0.717. The summed E-state index contributed by atoms with van der Waals surface area (Å²) in [7, 11) is 0. The fourth-order valence-electron chi connectivity index (χ4n) is 2.43. The Hall–Kier alpha value is -1.35. The molecule has 0 aromatic heterocycles. The van der Waals surface area contributed by atoms with E-state index in [4.69, 9.17) is 4.74 Å². The minimum absolute atomic E-state index is 0.136. The lowest BCUT2D eigenvalue weighted by Crippen LogP contribution is -2.22. The molecule has 98 valence electrons. The van der Waals surface area contributed by atoms with Crippen LogP contribution in [0.2, 0.25) is 0 Å². The SMILES string of the molecule is Cc1ccc(CC(CC2CCCO2)C(=O)O)cc1. The molecule has 0 spiro atoms. The maximum Gasteiger partial charge on any atom is 0.306 e. The summed E-state index contributed by atoms with van der Waals surface area (Å²) < 4.78 is 5.53. The van der Waals surface area contributed by atoms with Gasteiger partial charge >= 0.3 is 5.97 Å². The standard InChI is InChI=1S/C15H20O3/c1-11-4-6-12(7-5-11)9-13(15(16)17)10-14-3-2-8-18-14/h4-7,13-14H,2-3,8-10H2,1H3,(H,16,17). The average molecular weight is 248 g/mol. The number of aliphatic carboxylic acids is 1. The molecule has 1 saturated heterocycles. The molecule has 0 radical (unpaired) electrons. The van der Waals surface area contributed by atoms with Gasteiger partial charge in [-0.25, -0.2) is 0 Å². The van der Waals surface area contributed by atoms with E-state index in [1.165, 1.54) is 5.56 Å². The Morgan fingerprint density at radius 1 is 1.44 bits per heavy atom. The highest BCUT2D eigenvalue weighted by molar-refractivity contribution is 5.70. The zero-order valence-corrected chi connectivity index (χ0v) is 10.8. The van der Waals surface area contributed by atoms with Gasteiger partial charge in [-0.3, -0.25) is 4.79 Å². The van der Waals surface area contributed by atoms with Gasteiger partial charge in [0, 0.05) is 6.61 Å². The molecular weight excluding hydrogens is 228 g/mol. The predicted octanol–water partition coefficient (Wildman–Crippen LogP) is 2.81. The van der Waals surface area contributed by atoms with Crippen LogP contribution in [0, 0.1) is 12.8 Å². The third kappa shape index (κ3) is 3.57. The minimum Gasteiger partial charge on any atom is -0.481 e. The second kappa shape index (κ2) is 6.01. The highest BCUT2D eigenvalue weighted by Crippen LogP contribution is 2.23. The second-order valence-electron chi connectivity index (χ2n) is 5.10. The van der Waals surface area contributed by atoms with Gasteiger partial charge in [0.25, 0.3) is 0 Å². The molecule has 1 fully saturated rings. The Morgan fingerprint density at radius 2 is 2.17 bits per heavy atom. The lowest BCUT2D eigenvalue weighted by molar-refractivity contribution is -0.142. The first-order valence-electron chi connectivity index (χ1n) is 6.55. The van der Waals surface area contributed by atoms with Crippen molar-refractivity contribution >= 4 is 5.97 Å². The van der Waals surface area contributed by atoms with Gasteiger partial charge in [0.1, 0.15) is 0 Å². The van der Waals surface area contributed by atoms with E-state index in [1.807, 2.05) is 31.2 Å². The number of carboxylic acids is 1. The molecule has 0 amide bonds. The number of rotatable bonds is 5. The van der Waals surface area contributed by atoms with Crippen molar-refractivity contribution in [3.8, 4) is 0 Å². The van der Waals surface area contributed by atoms with Crippen molar-refractivity contribution in [3.05, 3.63) is 35.4 Å². The van der Waals surface area contributed by atoms with Gasteiger partial charge in [-0.2, -0.15) is 0 Å². The average Bonchev–Trinajstić information content (AvgIpc) is 2.84. The van der Waals surface area contributed by atoms with Gasteiger partial charge in [-0.1, -0.05) is 29.8 Å². The number of carboxylic acid groups (broad SMARTS) is 1. The number of hydrogen-bond donors (Lipinski definition) is 1. The maximum atomic E-state index is 11.3. The summed E-state index contributed by atoms with van der Waals surface area (Å²) >= 11 is 0. The van der Waals surface area contributed by atoms with Crippen molar-refractivity contribution in [2.45, 2.75) is 38.7 Å². The summed E-state index contributed by atoms with van der Waals surface area (Å²) in [6.45, 7) is 2.81. The molecule has 2 atom stereocenters. The van der Waals surface area contributed by atoms with Gasteiger partial charge in [0.05, 0.1) is 12.0 Å². The van der Waals surface area contributed by atoms with Crippen LogP contribution in [-0.2, 0) is 16.0 Å². The summed E-state index contributed by atoms with van der Waals surface area (Å²) in [4.78, 5) is 11.3. The normalized spacial score (nSPS) is 20.8. The summed E-state index contributed by atoms with van der Waals surface area (Å²) in [5, 5.41) is 9.29. The number of aryl methyl sites for hydroxylation is 1. The van der Waals surface area contributed by atoms with Crippen molar-refractivity contribution in [2.75, 3.05) is 6.61 Å². The van der Waals surface area contributed by atoms with Gasteiger partial charge in [-0.15, -0.1) is 0 Å². The van der Waals surface area contributed by atoms with E-state index >= 15 is 0 Å². The third-order valence-electron chi connectivity index (χ3n) is 3.52. The Labute approximate surface area is 108 Å². The fraction of sp³-hybridized carbons (Fsp3) is 0.533. The van der Waals surface area contributed by atoms with Crippen molar-refractivity contribution in [2.24, 2.45) is 5.92 Å². The zero-order chi connectivity index (χ0) is 13.0. The number of hydrogen-bond acceptors (Lipinski definition) is 2. The van der Waals surface area contributed by atoms with Crippen molar-refractivity contribution in [1.82, 2.24) is 0 Å². The monoisotopic (exact) mass is 248 g/mol. The lowest BCUT2D eigenvalue weighted by atomic mass is 9.92. The highest BCUT2D eigenvalue weighted by atomic mass is 16.5. The van der Waals surface area contributed by atoms with Gasteiger partial charge in [-0.05, 0) is 38.2 Å². The van der Waals surface area contributed by atoms with Crippen LogP contribution in [0.25, 0.3) is 0 Å². The molecule has 1 heterocycles. The molecule has 3 nitrogen and oxygen atoms in total. The predicted molar refractivity (Wildman–Crippen MR) is 69.6 cm³/mol. The second-order valence-corrected chi connectivity index (χ2v) is 5.10. The van der Waals surface area contributed by atoms with E-state index in [0.29, 0.717) is 12.8 Å². The number of ether oxygens (including phenoxy) is 1. The molecule has 1 aliphatic rings. The molecule has 0 saturated carbocycles. The zero-order valence-electron chi connectivity index (χ0n) is 10.8. The summed E-state index contributed by atoms with van der Waals surface area (Å²) in [6, 6.07) is 8.09. The van der Waals surface area contributed by atoms with Crippen LogP contribution in [0.3, 0.4) is 0 Å². The van der Waals surface area contributed by atoms with Crippen LogP contribution in [-0.4, -0.2) is 23.8 Å². The first-order chi connectivity index (χ1) is 8.65. The fourth-order valence-corrected chi connectivity index (χ4v) is 2.43. The molecule has 1 aliphatic heterocycles. The summed E-state index contributed by atoms with van der Waals surface area (Å²) in [6.07, 6.45) is 3.41. The van der Waals surface area contributed by atoms with Gasteiger partial charge < -0.3 is 9.84 Å². The molecule has 18 heavy (non-hydrogen) atoms. The highest BCUT2D eigenvalue weighted by Gasteiger charge is 2.25. The van der Waals surface area contributed by atoms with E-state index in [2.05, 4.69) is 0 Å². The molecule has 2 unspecified atom stereocenters. The molecule has 1 aromatic carbocycles. The first-order valence-corrected chi connectivity index (χ1v) is 6.55. The van der Waals surface area contributed by atoms with E-state index in [-0.39, 0.29) is 12.0 Å². The topological polar surface area (TPSA) is 46.5 Å². The van der Waals surface area contributed by atoms with Crippen LogP contribution in [0.4, 0.5) is 0 Å². The largest absolute Gasteiger partial charge is 0.481 e. The quantitative estimate of drug-likeness (QED) is 0.871. The van der Waals surface area contributed by atoms with E-state index < -0.39 is 5.97 Å². The van der Waals surface area contributed by atoms with Crippen LogP contribution in [0.15, 0.2) is 24.3 Å². The van der Waals surface area contributed by atoms with E-state index in [9.17, 15) is 9.90 Å². The van der Waals surface area contributed by atoms with Gasteiger partial charge in [0.15, 0.2) is 0 Å². The number of benzene rings is 1. The van der Waals surface area contributed by atoms with Gasteiger partial charge in [0.2, 0.25) is 0 Å². The van der Waals surface area contributed by atoms with Crippen molar-refractivity contribution < 1.29 is 14.6 Å². The first kappa shape index (κ1) is 13.1. The third-order valence-corrected chi connectivity index (χ3v) is 3.52. The summed E-state index contributed by atoms with van der Waals surface area (Å²) in [5.74, 6) is -1.05. The molecule has 0 bridgehead atoms. The Bertz CT molecular complexity index is 391. The molecular formula is C15H20O3. The van der Waals surface area contributed by atoms with Crippen LogP contribution < -0.4 is 0 Å². The number of carbonyl (C=O) groups is 1.